The van der Waals surface area contributed by atoms with Crippen molar-refractivity contribution in [1.82, 2.24) is 0 Å². The van der Waals surface area contributed by atoms with E-state index in [2.05, 4.69) is 10.0 Å². The lowest BCUT2D eigenvalue weighted by atomic mass is 10.1. The molecule has 0 unspecified atom stereocenters. The summed E-state index contributed by atoms with van der Waals surface area (Å²) in [6.07, 6.45) is 0.775. The summed E-state index contributed by atoms with van der Waals surface area (Å²) in [4.78, 5) is 12.4. The van der Waals surface area contributed by atoms with Crippen molar-refractivity contribution in [3.05, 3.63) is 77.3 Å². The number of anilines is 2. The highest BCUT2D eigenvalue weighted by molar-refractivity contribution is 7.92. The van der Waals surface area contributed by atoms with Gasteiger partial charge in [0, 0.05) is 22.8 Å². The smallest absolute Gasteiger partial charge is 0.261 e. The zero-order chi connectivity index (χ0) is 23.1. The second kappa shape index (κ2) is 10.4. The molecular weight excluding hydrogens is 452 g/mol. The predicted molar refractivity (Wildman–Crippen MR) is 125 cm³/mol. The molecule has 0 aliphatic rings. The Hall–Kier alpha value is -3.23. The summed E-state index contributed by atoms with van der Waals surface area (Å²) in [5, 5.41) is 3.29. The fourth-order valence-electron chi connectivity index (χ4n) is 2.97. The molecule has 0 radical (unpaired) electrons. The second-order valence-corrected chi connectivity index (χ2v) is 8.99. The Labute approximate surface area is 192 Å². The van der Waals surface area contributed by atoms with Gasteiger partial charge in [-0.05, 0) is 72.6 Å². The van der Waals surface area contributed by atoms with Crippen molar-refractivity contribution in [1.29, 1.82) is 0 Å². The summed E-state index contributed by atoms with van der Waals surface area (Å²) < 4.78 is 38.0. The maximum absolute atomic E-state index is 12.5. The van der Waals surface area contributed by atoms with Crippen molar-refractivity contribution in [2.75, 3.05) is 24.3 Å². The molecule has 0 aliphatic carbocycles. The Morgan fingerprint density at radius 1 is 0.875 bits per heavy atom. The van der Waals surface area contributed by atoms with Gasteiger partial charge in [0.2, 0.25) is 5.91 Å². The van der Waals surface area contributed by atoms with Gasteiger partial charge in [-0.3, -0.25) is 9.52 Å². The minimum Gasteiger partial charge on any atom is -0.493 e. The molecule has 2 N–H and O–H groups in total. The molecule has 168 valence electrons. The number of nitrogens with one attached hydrogen (secondary N) is 2. The Bertz CT molecular complexity index is 1180. The Morgan fingerprint density at radius 2 is 1.50 bits per heavy atom. The van der Waals surface area contributed by atoms with Gasteiger partial charge in [-0.25, -0.2) is 8.42 Å². The van der Waals surface area contributed by atoms with Crippen LogP contribution in [-0.2, 0) is 21.2 Å². The predicted octanol–water partition coefficient (Wildman–Crippen LogP) is 4.73. The zero-order valence-electron chi connectivity index (χ0n) is 17.6. The van der Waals surface area contributed by atoms with Gasteiger partial charge in [-0.15, -0.1) is 0 Å². The minimum atomic E-state index is -3.76. The third-order valence-corrected chi connectivity index (χ3v) is 6.28. The summed E-state index contributed by atoms with van der Waals surface area (Å²) in [5.74, 6) is 1.05. The molecule has 0 atom stereocenters. The van der Waals surface area contributed by atoms with Crippen LogP contribution in [-0.4, -0.2) is 28.5 Å². The maximum Gasteiger partial charge on any atom is 0.261 e. The first-order valence-electron chi connectivity index (χ1n) is 9.70. The van der Waals surface area contributed by atoms with Gasteiger partial charge < -0.3 is 14.8 Å². The van der Waals surface area contributed by atoms with Gasteiger partial charge >= 0.3 is 0 Å². The number of methoxy groups -OCH3 is 2. The van der Waals surface area contributed by atoms with Crippen LogP contribution in [0.15, 0.2) is 71.6 Å². The topological polar surface area (TPSA) is 93.7 Å². The first kappa shape index (κ1) is 23.4. The third-order valence-electron chi connectivity index (χ3n) is 4.63. The van der Waals surface area contributed by atoms with E-state index in [9.17, 15) is 13.2 Å². The van der Waals surface area contributed by atoms with Gasteiger partial charge in [0.1, 0.15) is 0 Å². The molecule has 9 heteroatoms. The third kappa shape index (κ3) is 6.15. The molecule has 3 aromatic carbocycles. The molecule has 3 aromatic rings. The van der Waals surface area contributed by atoms with Gasteiger partial charge in [0.05, 0.1) is 19.1 Å². The number of amides is 1. The molecule has 0 fully saturated rings. The van der Waals surface area contributed by atoms with Crippen LogP contribution >= 0.6 is 11.6 Å². The number of hydrogen-bond donors (Lipinski definition) is 2. The highest BCUT2D eigenvalue weighted by Gasteiger charge is 2.14. The maximum atomic E-state index is 12.5. The van der Waals surface area contributed by atoms with Crippen LogP contribution in [0.4, 0.5) is 11.4 Å². The first-order valence-corrected chi connectivity index (χ1v) is 11.6. The normalized spacial score (nSPS) is 11.0. The van der Waals surface area contributed by atoms with Gasteiger partial charge in [-0.2, -0.15) is 0 Å². The number of hydrogen-bond acceptors (Lipinski definition) is 5. The fourth-order valence-corrected chi connectivity index (χ4v) is 4.15. The monoisotopic (exact) mass is 474 g/mol. The largest absolute Gasteiger partial charge is 0.493 e. The van der Waals surface area contributed by atoms with E-state index < -0.39 is 10.0 Å². The van der Waals surface area contributed by atoms with Gasteiger partial charge in [0.25, 0.3) is 10.0 Å². The number of carbonyl (C=O) groups is 1. The molecule has 0 aromatic heterocycles. The van der Waals surface area contributed by atoms with E-state index in [-0.39, 0.29) is 17.2 Å². The molecule has 0 saturated carbocycles. The lowest BCUT2D eigenvalue weighted by Gasteiger charge is -2.11. The van der Waals surface area contributed by atoms with Crippen molar-refractivity contribution in [3.8, 4) is 11.5 Å². The minimum absolute atomic E-state index is 0.0794. The van der Waals surface area contributed by atoms with Crippen molar-refractivity contribution < 1.29 is 22.7 Å². The summed E-state index contributed by atoms with van der Waals surface area (Å²) in [7, 11) is -0.635. The molecule has 3 rings (SSSR count). The number of sulfonamides is 1. The van der Waals surface area contributed by atoms with E-state index >= 15 is 0 Å². The molecule has 7 nitrogen and oxygen atoms in total. The van der Waals surface area contributed by atoms with Crippen LogP contribution in [0.2, 0.25) is 5.02 Å². The number of carbonyl (C=O) groups excluding carboxylic acids is 1. The highest BCUT2D eigenvalue weighted by Crippen LogP contribution is 2.28. The van der Waals surface area contributed by atoms with Crippen molar-refractivity contribution in [2.24, 2.45) is 0 Å². The summed E-state index contributed by atoms with van der Waals surface area (Å²) >= 11 is 5.82. The van der Waals surface area contributed by atoms with Crippen LogP contribution in [0.1, 0.15) is 12.0 Å². The van der Waals surface area contributed by atoms with Crippen LogP contribution in [0.5, 0.6) is 11.5 Å². The van der Waals surface area contributed by atoms with Crippen LogP contribution in [0, 0.1) is 0 Å². The van der Waals surface area contributed by atoms with Gasteiger partial charge in [-0.1, -0.05) is 17.7 Å². The summed E-state index contributed by atoms with van der Waals surface area (Å²) in [5.41, 5.74) is 1.85. The number of ether oxygens (including phenoxy) is 2. The average Bonchev–Trinajstić information content (AvgIpc) is 2.79. The molecule has 0 saturated heterocycles. The second-order valence-electron chi connectivity index (χ2n) is 6.87. The number of rotatable bonds is 9. The van der Waals surface area contributed by atoms with Crippen LogP contribution in [0.3, 0.4) is 0 Å². The molecule has 1 amide bonds. The molecule has 32 heavy (non-hydrogen) atoms. The summed E-state index contributed by atoms with van der Waals surface area (Å²) in [6, 6.07) is 17.8. The lowest BCUT2D eigenvalue weighted by Crippen LogP contribution is -2.14. The number of aryl methyl sites for hydroxylation is 1. The Kier molecular flexibility index (Phi) is 7.61. The molecule has 0 aliphatic heterocycles. The number of benzene rings is 3. The standard InChI is InChI=1S/C23H23ClN2O5S/c1-30-21-13-3-16(15-22(21)31-2)4-14-23(27)25-18-9-11-20(12-10-18)32(28,29)26-19-7-5-17(24)6-8-19/h3,5-13,15,26H,4,14H2,1-2H3,(H,25,27). The van der Waals surface area contributed by atoms with Crippen molar-refractivity contribution in [2.45, 2.75) is 17.7 Å². The molecule has 0 spiro atoms. The summed E-state index contributed by atoms with van der Waals surface area (Å²) in [6.45, 7) is 0. The molecule has 0 heterocycles. The Morgan fingerprint density at radius 3 is 2.12 bits per heavy atom. The lowest BCUT2D eigenvalue weighted by molar-refractivity contribution is -0.116. The zero-order valence-corrected chi connectivity index (χ0v) is 19.2. The molecular formula is C23H23ClN2O5S. The van der Waals surface area contributed by atoms with Crippen molar-refractivity contribution in [3.63, 3.8) is 0 Å². The van der Waals surface area contributed by atoms with Gasteiger partial charge in [0.15, 0.2) is 11.5 Å². The van der Waals surface area contributed by atoms with Crippen LogP contribution < -0.4 is 19.5 Å². The van der Waals surface area contributed by atoms with E-state index in [1.54, 1.807) is 56.7 Å². The van der Waals surface area contributed by atoms with Crippen LogP contribution in [0.25, 0.3) is 0 Å². The van der Waals surface area contributed by atoms with E-state index in [4.69, 9.17) is 21.1 Å². The quantitative estimate of drug-likeness (QED) is 0.467. The number of halogens is 1. The van der Waals surface area contributed by atoms with Crippen molar-refractivity contribution >= 4 is 38.9 Å². The van der Waals surface area contributed by atoms with E-state index in [0.717, 1.165) is 5.56 Å². The highest BCUT2D eigenvalue weighted by atomic mass is 35.5. The van der Waals surface area contributed by atoms with E-state index in [1.807, 2.05) is 12.1 Å². The molecule has 0 bridgehead atoms. The van der Waals surface area contributed by atoms with E-state index in [0.29, 0.717) is 34.3 Å². The first-order chi connectivity index (χ1) is 15.3. The SMILES string of the molecule is COc1ccc(CCC(=O)Nc2ccc(S(=O)(=O)Nc3ccc(Cl)cc3)cc2)cc1OC. The average molecular weight is 475 g/mol. The Balaban J connectivity index is 1.58. The van der Waals surface area contributed by atoms with E-state index in [1.165, 1.54) is 12.1 Å². The fraction of sp³-hybridized carbons (Fsp3) is 0.174.